The summed E-state index contributed by atoms with van der Waals surface area (Å²) in [4.78, 5) is 13.9. The number of aromatic nitrogens is 1. The minimum atomic E-state index is -5.02. The number of rotatable bonds is 3. The quantitative estimate of drug-likeness (QED) is 0.841. The van der Waals surface area contributed by atoms with E-state index in [9.17, 15) is 18.0 Å². The molecule has 1 rings (SSSR count). The van der Waals surface area contributed by atoms with Crippen LogP contribution in [0.2, 0.25) is 0 Å². The van der Waals surface area contributed by atoms with Crippen LogP contribution in [0.25, 0.3) is 0 Å². The molecule has 1 heterocycles. The van der Waals surface area contributed by atoms with Crippen LogP contribution in [0.1, 0.15) is 11.1 Å². The molecule has 0 saturated heterocycles. The van der Waals surface area contributed by atoms with E-state index in [1.165, 1.54) is 6.07 Å². The van der Waals surface area contributed by atoms with Gasteiger partial charge in [0.05, 0.1) is 12.6 Å². The van der Waals surface area contributed by atoms with Crippen molar-refractivity contribution in [2.75, 3.05) is 5.73 Å². The average Bonchev–Trinajstić information content (AvgIpc) is 2.20. The van der Waals surface area contributed by atoms with E-state index in [0.29, 0.717) is 6.20 Å². The van der Waals surface area contributed by atoms with Crippen LogP contribution in [0.3, 0.4) is 0 Å². The highest BCUT2D eigenvalue weighted by atomic mass is 19.4. The van der Waals surface area contributed by atoms with Gasteiger partial charge in [-0.3, -0.25) is 4.79 Å². The highest BCUT2D eigenvalue weighted by Gasteiger charge is 2.33. The number of hydrogen-bond acceptors (Lipinski definition) is 5. The molecule has 0 aliphatic heterocycles. The van der Waals surface area contributed by atoms with Gasteiger partial charge in [-0.1, -0.05) is 0 Å². The van der Waals surface area contributed by atoms with E-state index in [1.54, 1.807) is 0 Å². The maximum absolute atomic E-state index is 12.1. The first-order valence-corrected chi connectivity index (χ1v) is 4.39. The van der Waals surface area contributed by atoms with E-state index < -0.39 is 35.6 Å². The Balaban J connectivity index is 3.34. The lowest BCUT2D eigenvalue weighted by molar-refractivity contribution is -0.275. The van der Waals surface area contributed by atoms with E-state index in [4.69, 9.17) is 16.1 Å². The summed E-state index contributed by atoms with van der Waals surface area (Å²) in [5.41, 5.74) is 4.37. The third-order valence-electron chi connectivity index (χ3n) is 1.84. The summed E-state index contributed by atoms with van der Waals surface area (Å²) in [5.74, 6) is -2.64. The van der Waals surface area contributed by atoms with Crippen LogP contribution in [0.15, 0.2) is 6.20 Å². The van der Waals surface area contributed by atoms with E-state index in [-0.39, 0.29) is 5.82 Å². The van der Waals surface area contributed by atoms with Gasteiger partial charge in [-0.2, -0.15) is 5.26 Å². The number of carboxylic acid groups (broad SMARTS) is 1. The van der Waals surface area contributed by atoms with Crippen LogP contribution in [0, 0.1) is 11.3 Å². The van der Waals surface area contributed by atoms with Gasteiger partial charge in [-0.05, 0) is 0 Å². The number of nitrogen functional groups attached to an aromatic ring is 1. The Labute approximate surface area is 98.4 Å². The number of aliphatic carboxylic acids is 1. The normalized spacial score (nSPS) is 10.8. The second kappa shape index (κ2) is 4.79. The molecule has 0 saturated carbocycles. The summed E-state index contributed by atoms with van der Waals surface area (Å²) in [6.45, 7) is 0. The van der Waals surface area contributed by atoms with Gasteiger partial charge in [-0.15, -0.1) is 13.2 Å². The van der Waals surface area contributed by atoms with Crippen molar-refractivity contribution in [3.05, 3.63) is 17.3 Å². The Morgan fingerprint density at radius 2 is 2.22 bits per heavy atom. The molecule has 0 radical (unpaired) electrons. The van der Waals surface area contributed by atoms with Crippen LogP contribution >= 0.6 is 0 Å². The second-order valence-electron chi connectivity index (χ2n) is 3.09. The SMILES string of the molecule is N#Cc1c(N)ncc(OC(F)(F)F)c1CC(=O)O. The third kappa shape index (κ3) is 3.24. The van der Waals surface area contributed by atoms with Gasteiger partial charge in [0.15, 0.2) is 5.75 Å². The first kappa shape index (κ1) is 13.6. The molecule has 0 spiro atoms. The zero-order valence-electron chi connectivity index (χ0n) is 8.65. The molecule has 0 fully saturated rings. The number of carbonyl (C=O) groups is 1. The monoisotopic (exact) mass is 261 g/mol. The number of pyridine rings is 1. The molecule has 0 amide bonds. The molecule has 3 N–H and O–H groups in total. The summed E-state index contributed by atoms with van der Waals surface area (Å²) < 4.78 is 39.8. The molecular formula is C9H6F3N3O3. The lowest BCUT2D eigenvalue weighted by Crippen LogP contribution is -2.20. The van der Waals surface area contributed by atoms with Crippen molar-refractivity contribution in [2.45, 2.75) is 12.8 Å². The number of anilines is 1. The van der Waals surface area contributed by atoms with E-state index in [0.717, 1.165) is 0 Å². The highest BCUT2D eigenvalue weighted by molar-refractivity contribution is 5.74. The standard InChI is InChI=1S/C9H6F3N3O3/c10-9(11,12)18-6-3-15-8(14)5(2-13)4(6)1-7(16)17/h3H,1H2,(H2,14,15)(H,16,17). The largest absolute Gasteiger partial charge is 0.573 e. The molecule has 0 aliphatic rings. The van der Waals surface area contributed by atoms with E-state index >= 15 is 0 Å². The first-order valence-electron chi connectivity index (χ1n) is 4.39. The van der Waals surface area contributed by atoms with Crippen molar-refractivity contribution in [2.24, 2.45) is 0 Å². The lowest BCUT2D eigenvalue weighted by Gasteiger charge is -2.13. The first-order chi connectivity index (χ1) is 8.24. The zero-order chi connectivity index (χ0) is 13.9. The van der Waals surface area contributed by atoms with Gasteiger partial charge in [0.1, 0.15) is 17.5 Å². The van der Waals surface area contributed by atoms with Gasteiger partial charge in [-0.25, -0.2) is 4.98 Å². The zero-order valence-corrected chi connectivity index (χ0v) is 8.65. The Kier molecular flexibility index (Phi) is 3.61. The van der Waals surface area contributed by atoms with Crippen LogP contribution in [-0.4, -0.2) is 22.4 Å². The average molecular weight is 261 g/mol. The van der Waals surface area contributed by atoms with Crippen molar-refractivity contribution in [3.63, 3.8) is 0 Å². The number of nitrogens with zero attached hydrogens (tertiary/aromatic N) is 2. The number of nitrogens with two attached hydrogens (primary N) is 1. The second-order valence-corrected chi connectivity index (χ2v) is 3.09. The van der Waals surface area contributed by atoms with Crippen LogP contribution in [-0.2, 0) is 11.2 Å². The van der Waals surface area contributed by atoms with Crippen molar-refractivity contribution in [1.29, 1.82) is 5.26 Å². The minimum Gasteiger partial charge on any atom is -0.481 e. The molecule has 1 aromatic heterocycles. The fourth-order valence-electron chi connectivity index (χ4n) is 1.21. The fourth-order valence-corrected chi connectivity index (χ4v) is 1.21. The fraction of sp³-hybridized carbons (Fsp3) is 0.222. The number of nitriles is 1. The predicted octanol–water partition coefficient (Wildman–Crippen LogP) is 1.06. The minimum absolute atomic E-state index is 0.358. The molecule has 96 valence electrons. The van der Waals surface area contributed by atoms with Gasteiger partial charge >= 0.3 is 12.3 Å². The molecule has 0 aromatic carbocycles. The number of ether oxygens (including phenoxy) is 1. The summed E-state index contributed by atoms with van der Waals surface area (Å²) in [7, 11) is 0. The molecular weight excluding hydrogens is 255 g/mol. The molecule has 0 aliphatic carbocycles. The molecule has 6 nitrogen and oxygen atoms in total. The Hall–Kier alpha value is -2.50. The van der Waals surface area contributed by atoms with Crippen LogP contribution in [0.5, 0.6) is 5.75 Å². The smallest absolute Gasteiger partial charge is 0.481 e. The predicted molar refractivity (Wildman–Crippen MR) is 51.4 cm³/mol. The van der Waals surface area contributed by atoms with Crippen molar-refractivity contribution < 1.29 is 27.8 Å². The van der Waals surface area contributed by atoms with Crippen LogP contribution < -0.4 is 10.5 Å². The van der Waals surface area contributed by atoms with Crippen LogP contribution in [0.4, 0.5) is 19.0 Å². The molecule has 1 aromatic rings. The molecule has 0 bridgehead atoms. The summed E-state index contributed by atoms with van der Waals surface area (Å²) >= 11 is 0. The summed E-state index contributed by atoms with van der Waals surface area (Å²) in [6.07, 6.45) is -5.22. The topological polar surface area (TPSA) is 109 Å². The van der Waals surface area contributed by atoms with Crippen molar-refractivity contribution in [1.82, 2.24) is 4.98 Å². The lowest BCUT2D eigenvalue weighted by atomic mass is 10.1. The highest BCUT2D eigenvalue weighted by Crippen LogP contribution is 2.30. The van der Waals surface area contributed by atoms with Gasteiger partial charge in [0, 0.05) is 5.56 Å². The van der Waals surface area contributed by atoms with Gasteiger partial charge in [0.25, 0.3) is 0 Å². The summed E-state index contributed by atoms with van der Waals surface area (Å²) in [5, 5.41) is 17.3. The van der Waals surface area contributed by atoms with Crippen molar-refractivity contribution >= 4 is 11.8 Å². The maximum atomic E-state index is 12.1. The van der Waals surface area contributed by atoms with Gasteiger partial charge in [0.2, 0.25) is 0 Å². The van der Waals surface area contributed by atoms with E-state index in [1.807, 2.05) is 0 Å². The Morgan fingerprint density at radius 3 is 2.67 bits per heavy atom. The Morgan fingerprint density at radius 1 is 1.61 bits per heavy atom. The number of alkyl halides is 3. The number of halogens is 3. The summed E-state index contributed by atoms with van der Waals surface area (Å²) in [6, 6.07) is 1.50. The van der Waals surface area contributed by atoms with E-state index in [2.05, 4.69) is 9.72 Å². The third-order valence-corrected chi connectivity index (χ3v) is 1.84. The number of carboxylic acids is 1. The van der Waals surface area contributed by atoms with Gasteiger partial charge < -0.3 is 15.6 Å². The molecule has 0 unspecified atom stereocenters. The number of hydrogen-bond donors (Lipinski definition) is 2. The Bertz CT molecular complexity index is 522. The maximum Gasteiger partial charge on any atom is 0.573 e. The molecule has 0 atom stereocenters. The molecule has 9 heteroatoms. The van der Waals surface area contributed by atoms with Crippen molar-refractivity contribution in [3.8, 4) is 11.8 Å². The molecule has 18 heavy (non-hydrogen) atoms.